The first-order chi connectivity index (χ1) is 12.8. The highest BCUT2D eigenvalue weighted by molar-refractivity contribution is 5.94. The van der Waals surface area contributed by atoms with E-state index in [-0.39, 0.29) is 12.5 Å². The molecule has 1 saturated heterocycles. The van der Waals surface area contributed by atoms with Crippen LogP contribution in [-0.4, -0.2) is 28.9 Å². The number of benzene rings is 1. The summed E-state index contributed by atoms with van der Waals surface area (Å²) in [4.78, 5) is 18.5. The van der Waals surface area contributed by atoms with Crippen LogP contribution >= 0.6 is 0 Å². The summed E-state index contributed by atoms with van der Waals surface area (Å²) in [5.74, 6) is 0.908. The van der Waals surface area contributed by atoms with E-state index in [1.807, 2.05) is 4.90 Å². The third kappa shape index (κ3) is 4.99. The molecule has 1 aromatic carbocycles. The van der Waals surface area contributed by atoms with Crippen molar-refractivity contribution in [2.75, 3.05) is 13.1 Å². The topological polar surface area (TPSA) is 42.4 Å². The molecule has 1 aromatic heterocycles. The number of piperidine rings is 1. The highest BCUT2D eigenvalue weighted by Gasteiger charge is 2.30. The van der Waals surface area contributed by atoms with Crippen molar-refractivity contribution in [3.63, 3.8) is 0 Å². The van der Waals surface area contributed by atoms with Crippen LogP contribution in [0.4, 0.5) is 13.2 Å². The van der Waals surface area contributed by atoms with Gasteiger partial charge in [0.15, 0.2) is 0 Å². The van der Waals surface area contributed by atoms with Crippen LogP contribution in [0.1, 0.15) is 41.3 Å². The second-order valence-electron chi connectivity index (χ2n) is 6.87. The number of alkyl halides is 3. The van der Waals surface area contributed by atoms with E-state index in [2.05, 4.69) is 11.9 Å². The van der Waals surface area contributed by atoms with Crippen LogP contribution in [0, 0.1) is 5.92 Å². The van der Waals surface area contributed by atoms with Crippen LogP contribution in [0.5, 0.6) is 5.75 Å². The minimum atomic E-state index is -4.37. The summed E-state index contributed by atoms with van der Waals surface area (Å²) < 4.78 is 43.3. The van der Waals surface area contributed by atoms with Gasteiger partial charge in [-0.1, -0.05) is 6.92 Å². The van der Waals surface area contributed by atoms with E-state index in [0.29, 0.717) is 22.8 Å². The number of amides is 1. The highest BCUT2D eigenvalue weighted by atomic mass is 19.4. The fourth-order valence-corrected chi connectivity index (χ4v) is 2.98. The van der Waals surface area contributed by atoms with Gasteiger partial charge < -0.3 is 9.64 Å². The summed E-state index contributed by atoms with van der Waals surface area (Å²) in [6, 6.07) is 6.23. The molecule has 0 spiro atoms. The molecule has 144 valence electrons. The lowest BCUT2D eigenvalue weighted by Gasteiger charge is -2.30. The zero-order valence-corrected chi connectivity index (χ0v) is 15.0. The van der Waals surface area contributed by atoms with Gasteiger partial charge in [0.2, 0.25) is 0 Å². The zero-order valence-electron chi connectivity index (χ0n) is 15.0. The molecule has 1 amide bonds. The first-order valence-corrected chi connectivity index (χ1v) is 8.86. The summed E-state index contributed by atoms with van der Waals surface area (Å²) in [5.41, 5.74) is 0.462. The van der Waals surface area contributed by atoms with Crippen LogP contribution in [0.25, 0.3) is 0 Å². The Morgan fingerprint density at radius 1 is 1.19 bits per heavy atom. The quantitative estimate of drug-likeness (QED) is 0.784. The number of aromatic nitrogens is 1. The van der Waals surface area contributed by atoms with E-state index in [1.165, 1.54) is 18.3 Å². The summed E-state index contributed by atoms with van der Waals surface area (Å²) >= 11 is 0. The number of carbonyl (C=O) groups excluding carboxylic acids is 1. The van der Waals surface area contributed by atoms with E-state index in [1.54, 1.807) is 12.3 Å². The molecular weight excluding hydrogens is 357 g/mol. The molecule has 1 fully saturated rings. The molecule has 0 bridgehead atoms. The fraction of sp³-hybridized carbons (Fsp3) is 0.400. The number of nitrogens with zero attached hydrogens (tertiary/aromatic N) is 2. The Balaban J connectivity index is 1.61. The molecular formula is C20H21F3N2O2. The lowest BCUT2D eigenvalue weighted by Crippen LogP contribution is -2.38. The number of rotatable bonds is 4. The Morgan fingerprint density at radius 2 is 1.85 bits per heavy atom. The Kier molecular flexibility index (Phi) is 5.68. The van der Waals surface area contributed by atoms with Crippen molar-refractivity contribution in [2.24, 2.45) is 5.92 Å². The Morgan fingerprint density at radius 3 is 2.48 bits per heavy atom. The van der Waals surface area contributed by atoms with Crippen LogP contribution in [0.3, 0.4) is 0 Å². The Labute approximate surface area is 156 Å². The Bertz CT molecular complexity index is 783. The standard InChI is InChI=1S/C20H21F3N2O2/c1-14-6-8-25(9-7-14)19(26)16-10-15(11-24-12-16)13-27-18-4-2-17(3-5-18)20(21,22)23/h2-5,10-12,14H,6-9,13H2,1H3. The zero-order chi connectivity index (χ0) is 19.4. The van der Waals surface area contributed by atoms with Gasteiger partial charge in [0.05, 0.1) is 11.1 Å². The molecule has 3 rings (SSSR count). The molecule has 0 unspecified atom stereocenters. The lowest BCUT2D eigenvalue weighted by molar-refractivity contribution is -0.137. The predicted molar refractivity (Wildman–Crippen MR) is 94.3 cm³/mol. The fourth-order valence-electron chi connectivity index (χ4n) is 2.98. The number of hydrogen-bond donors (Lipinski definition) is 0. The van der Waals surface area contributed by atoms with Gasteiger partial charge in [0.1, 0.15) is 12.4 Å². The monoisotopic (exact) mass is 378 g/mol. The van der Waals surface area contributed by atoms with E-state index < -0.39 is 11.7 Å². The predicted octanol–water partition coefficient (Wildman–Crippen LogP) is 4.55. The van der Waals surface area contributed by atoms with Crippen molar-refractivity contribution in [2.45, 2.75) is 32.5 Å². The average molecular weight is 378 g/mol. The van der Waals surface area contributed by atoms with Gasteiger partial charge in [-0.2, -0.15) is 13.2 Å². The minimum absolute atomic E-state index is 0.0502. The normalized spacial score (nSPS) is 15.6. The van der Waals surface area contributed by atoms with Gasteiger partial charge in [-0.25, -0.2) is 0 Å². The van der Waals surface area contributed by atoms with Crippen LogP contribution in [-0.2, 0) is 12.8 Å². The Hall–Kier alpha value is -2.57. The summed E-state index contributed by atoms with van der Waals surface area (Å²) in [5, 5.41) is 0. The molecule has 2 aromatic rings. The summed E-state index contributed by atoms with van der Waals surface area (Å²) in [7, 11) is 0. The second-order valence-corrected chi connectivity index (χ2v) is 6.87. The largest absolute Gasteiger partial charge is 0.489 e. The first-order valence-electron chi connectivity index (χ1n) is 8.86. The van der Waals surface area contributed by atoms with Gasteiger partial charge in [-0.05, 0) is 49.1 Å². The van der Waals surface area contributed by atoms with Crippen molar-refractivity contribution < 1.29 is 22.7 Å². The maximum Gasteiger partial charge on any atom is 0.416 e. The molecule has 0 atom stereocenters. The molecule has 4 nitrogen and oxygen atoms in total. The van der Waals surface area contributed by atoms with Crippen LogP contribution in [0.15, 0.2) is 42.7 Å². The number of hydrogen-bond acceptors (Lipinski definition) is 3. The van der Waals surface area contributed by atoms with Crippen molar-refractivity contribution in [1.29, 1.82) is 0 Å². The minimum Gasteiger partial charge on any atom is -0.489 e. The van der Waals surface area contributed by atoms with E-state index in [9.17, 15) is 18.0 Å². The maximum absolute atomic E-state index is 12.6. The SMILES string of the molecule is CC1CCN(C(=O)c2cncc(COc3ccc(C(F)(F)F)cc3)c2)CC1. The van der Waals surface area contributed by atoms with Gasteiger partial charge in [0.25, 0.3) is 5.91 Å². The maximum atomic E-state index is 12.6. The van der Waals surface area contributed by atoms with Crippen molar-refractivity contribution in [1.82, 2.24) is 9.88 Å². The third-order valence-electron chi connectivity index (χ3n) is 4.70. The molecule has 27 heavy (non-hydrogen) atoms. The summed E-state index contributed by atoms with van der Waals surface area (Å²) in [6.45, 7) is 3.79. The van der Waals surface area contributed by atoms with Gasteiger partial charge in [0, 0.05) is 31.0 Å². The molecule has 0 radical (unpaired) electrons. The van der Waals surface area contributed by atoms with Crippen molar-refractivity contribution in [3.05, 3.63) is 59.4 Å². The molecule has 0 aliphatic carbocycles. The van der Waals surface area contributed by atoms with Crippen LogP contribution < -0.4 is 4.74 Å². The number of ether oxygens (including phenoxy) is 1. The van der Waals surface area contributed by atoms with Gasteiger partial charge >= 0.3 is 6.18 Å². The lowest BCUT2D eigenvalue weighted by atomic mass is 9.99. The number of carbonyl (C=O) groups is 1. The molecule has 7 heteroatoms. The summed E-state index contributed by atoms with van der Waals surface area (Å²) in [6.07, 6.45) is 0.732. The van der Waals surface area contributed by atoms with Gasteiger partial charge in [-0.15, -0.1) is 0 Å². The number of halogens is 3. The molecule has 1 aliphatic heterocycles. The van der Waals surface area contributed by atoms with E-state index >= 15 is 0 Å². The average Bonchev–Trinajstić information content (AvgIpc) is 2.66. The number of pyridine rings is 1. The molecule has 0 N–H and O–H groups in total. The van der Waals surface area contributed by atoms with Crippen LogP contribution in [0.2, 0.25) is 0 Å². The highest BCUT2D eigenvalue weighted by Crippen LogP contribution is 2.30. The van der Waals surface area contributed by atoms with Gasteiger partial charge in [-0.3, -0.25) is 9.78 Å². The smallest absolute Gasteiger partial charge is 0.416 e. The molecule has 1 aliphatic rings. The third-order valence-corrected chi connectivity index (χ3v) is 4.70. The van der Waals surface area contributed by atoms with Crippen molar-refractivity contribution >= 4 is 5.91 Å². The molecule has 0 saturated carbocycles. The molecule has 2 heterocycles. The van der Waals surface area contributed by atoms with E-state index in [4.69, 9.17) is 4.74 Å². The second kappa shape index (κ2) is 7.98. The van der Waals surface area contributed by atoms with Crippen molar-refractivity contribution in [3.8, 4) is 5.75 Å². The number of likely N-dealkylation sites (tertiary alicyclic amines) is 1. The van der Waals surface area contributed by atoms with E-state index in [0.717, 1.165) is 38.1 Å². The first kappa shape index (κ1) is 19.2.